The van der Waals surface area contributed by atoms with Gasteiger partial charge >= 0.3 is 0 Å². The maximum Gasteiger partial charge on any atom is 0.0166 e. The van der Waals surface area contributed by atoms with E-state index in [1.807, 2.05) is 0 Å². The topological polar surface area (TPSA) is 38.0 Å². The van der Waals surface area contributed by atoms with Gasteiger partial charge in [0.1, 0.15) is 0 Å². The largest absolute Gasteiger partial charge is 0.325 e. The Morgan fingerprint density at radius 3 is 2.18 bits per heavy atom. The maximum atomic E-state index is 6.38. The first kappa shape index (κ1) is 13.4. The van der Waals surface area contributed by atoms with Gasteiger partial charge in [-0.3, -0.25) is 0 Å². The Morgan fingerprint density at radius 2 is 1.59 bits per heavy atom. The molecule has 0 aliphatic heterocycles. The molecule has 2 saturated carbocycles. The van der Waals surface area contributed by atoms with Crippen molar-refractivity contribution in [3.05, 3.63) is 0 Å². The minimum atomic E-state index is 0.169. The highest BCUT2D eigenvalue weighted by atomic mass is 14.9. The van der Waals surface area contributed by atoms with Crippen LogP contribution >= 0.6 is 0 Å². The highest BCUT2D eigenvalue weighted by Crippen LogP contribution is 2.40. The van der Waals surface area contributed by atoms with Crippen LogP contribution in [0.2, 0.25) is 0 Å². The lowest BCUT2D eigenvalue weighted by Gasteiger charge is -2.29. The quantitative estimate of drug-likeness (QED) is 0.697. The standard InChI is InChI=1S/C15H30N2/c1-2-14(7-3-4-8-14)13-17-12-11-15(16)9-5-6-10-15/h17H,2-13,16H2,1H3. The smallest absolute Gasteiger partial charge is 0.0166 e. The van der Waals surface area contributed by atoms with E-state index < -0.39 is 0 Å². The molecular formula is C15H30N2. The third-order valence-electron chi connectivity index (χ3n) is 5.31. The Kier molecular flexibility index (Phi) is 4.48. The van der Waals surface area contributed by atoms with Crippen LogP contribution in [0, 0.1) is 5.41 Å². The first-order valence-electron chi connectivity index (χ1n) is 7.68. The number of hydrogen-bond donors (Lipinski definition) is 2. The zero-order valence-electron chi connectivity index (χ0n) is 11.6. The molecule has 2 heteroatoms. The molecular weight excluding hydrogens is 208 g/mol. The van der Waals surface area contributed by atoms with Crippen LogP contribution in [0.1, 0.15) is 71.1 Å². The van der Waals surface area contributed by atoms with Gasteiger partial charge < -0.3 is 11.1 Å². The summed E-state index contributed by atoms with van der Waals surface area (Å²) in [6.07, 6.45) is 13.4. The Bertz CT molecular complexity index is 225. The van der Waals surface area contributed by atoms with Crippen LogP contribution in [0.15, 0.2) is 0 Å². The van der Waals surface area contributed by atoms with Crippen LogP contribution in [0.5, 0.6) is 0 Å². The second-order valence-corrected chi connectivity index (χ2v) is 6.56. The zero-order valence-corrected chi connectivity index (χ0v) is 11.6. The van der Waals surface area contributed by atoms with E-state index in [2.05, 4.69) is 12.2 Å². The zero-order chi connectivity index (χ0) is 12.2. The van der Waals surface area contributed by atoms with E-state index in [9.17, 15) is 0 Å². The Morgan fingerprint density at radius 1 is 1.00 bits per heavy atom. The van der Waals surface area contributed by atoms with Gasteiger partial charge in [0.25, 0.3) is 0 Å². The Labute approximate surface area is 107 Å². The Hall–Kier alpha value is -0.0800. The van der Waals surface area contributed by atoms with E-state index in [0.29, 0.717) is 5.41 Å². The second kappa shape index (κ2) is 5.71. The van der Waals surface area contributed by atoms with Gasteiger partial charge in [0, 0.05) is 12.1 Å². The molecule has 0 saturated heterocycles. The van der Waals surface area contributed by atoms with E-state index in [4.69, 9.17) is 5.73 Å². The molecule has 3 N–H and O–H groups in total. The van der Waals surface area contributed by atoms with Crippen molar-refractivity contribution in [1.29, 1.82) is 0 Å². The van der Waals surface area contributed by atoms with Crippen molar-refractivity contribution in [1.82, 2.24) is 5.32 Å². The predicted octanol–water partition coefficient (Wildman–Crippen LogP) is 3.21. The predicted molar refractivity (Wildman–Crippen MR) is 74.1 cm³/mol. The number of hydrogen-bond acceptors (Lipinski definition) is 2. The minimum Gasteiger partial charge on any atom is -0.325 e. The van der Waals surface area contributed by atoms with Crippen LogP contribution in [-0.2, 0) is 0 Å². The highest BCUT2D eigenvalue weighted by molar-refractivity contribution is 4.90. The van der Waals surface area contributed by atoms with Crippen molar-refractivity contribution >= 4 is 0 Å². The third-order valence-corrected chi connectivity index (χ3v) is 5.31. The van der Waals surface area contributed by atoms with Crippen LogP contribution in [0.3, 0.4) is 0 Å². The number of rotatable bonds is 6. The molecule has 0 spiro atoms. The van der Waals surface area contributed by atoms with Crippen molar-refractivity contribution in [2.75, 3.05) is 13.1 Å². The lowest BCUT2D eigenvalue weighted by Crippen LogP contribution is -2.41. The van der Waals surface area contributed by atoms with E-state index in [0.717, 1.165) is 6.54 Å². The summed E-state index contributed by atoms with van der Waals surface area (Å²) in [5, 5.41) is 3.69. The number of nitrogens with one attached hydrogen (secondary N) is 1. The average Bonchev–Trinajstić information content (AvgIpc) is 2.95. The summed E-state index contributed by atoms with van der Waals surface area (Å²) in [5.41, 5.74) is 7.17. The van der Waals surface area contributed by atoms with Gasteiger partial charge in [0.2, 0.25) is 0 Å². The van der Waals surface area contributed by atoms with E-state index in [1.54, 1.807) is 0 Å². The molecule has 17 heavy (non-hydrogen) atoms. The molecule has 2 aliphatic carbocycles. The van der Waals surface area contributed by atoms with Gasteiger partial charge in [0.15, 0.2) is 0 Å². The fourth-order valence-electron chi connectivity index (χ4n) is 3.80. The van der Waals surface area contributed by atoms with Crippen LogP contribution in [0.25, 0.3) is 0 Å². The highest BCUT2D eigenvalue weighted by Gasteiger charge is 2.32. The molecule has 0 amide bonds. The van der Waals surface area contributed by atoms with Crippen molar-refractivity contribution in [3.63, 3.8) is 0 Å². The summed E-state index contributed by atoms with van der Waals surface area (Å²) in [4.78, 5) is 0. The van der Waals surface area contributed by atoms with Gasteiger partial charge in [-0.2, -0.15) is 0 Å². The molecule has 0 aromatic rings. The molecule has 0 bridgehead atoms. The summed E-state index contributed by atoms with van der Waals surface area (Å²) in [6, 6.07) is 0. The van der Waals surface area contributed by atoms with Crippen molar-refractivity contribution in [2.45, 2.75) is 76.7 Å². The monoisotopic (exact) mass is 238 g/mol. The second-order valence-electron chi connectivity index (χ2n) is 6.56. The van der Waals surface area contributed by atoms with Crippen molar-refractivity contribution in [3.8, 4) is 0 Å². The van der Waals surface area contributed by atoms with Gasteiger partial charge in [-0.1, -0.05) is 32.6 Å². The summed E-state index contributed by atoms with van der Waals surface area (Å²) in [7, 11) is 0. The molecule has 2 fully saturated rings. The molecule has 0 heterocycles. The van der Waals surface area contributed by atoms with Crippen molar-refractivity contribution < 1.29 is 0 Å². The van der Waals surface area contributed by atoms with Gasteiger partial charge in [-0.25, -0.2) is 0 Å². The fourth-order valence-corrected chi connectivity index (χ4v) is 3.80. The minimum absolute atomic E-state index is 0.169. The van der Waals surface area contributed by atoms with Crippen LogP contribution in [-0.4, -0.2) is 18.6 Å². The molecule has 2 nitrogen and oxygen atoms in total. The lowest BCUT2D eigenvalue weighted by atomic mass is 9.83. The number of nitrogens with two attached hydrogens (primary N) is 1. The molecule has 0 atom stereocenters. The average molecular weight is 238 g/mol. The summed E-state index contributed by atoms with van der Waals surface area (Å²) in [6.45, 7) is 4.70. The molecule has 0 aromatic carbocycles. The summed E-state index contributed by atoms with van der Waals surface area (Å²) < 4.78 is 0. The first-order chi connectivity index (χ1) is 8.18. The van der Waals surface area contributed by atoms with Crippen molar-refractivity contribution in [2.24, 2.45) is 11.1 Å². The summed E-state index contributed by atoms with van der Waals surface area (Å²) in [5.74, 6) is 0. The molecule has 0 radical (unpaired) electrons. The van der Waals surface area contributed by atoms with Gasteiger partial charge in [0.05, 0.1) is 0 Å². The van der Waals surface area contributed by atoms with E-state index in [1.165, 1.54) is 70.8 Å². The molecule has 0 unspecified atom stereocenters. The molecule has 2 aliphatic rings. The van der Waals surface area contributed by atoms with Gasteiger partial charge in [-0.05, 0) is 50.5 Å². The normalized spacial score (nSPS) is 26.5. The lowest BCUT2D eigenvalue weighted by molar-refractivity contribution is 0.263. The van der Waals surface area contributed by atoms with Gasteiger partial charge in [-0.15, -0.1) is 0 Å². The third kappa shape index (κ3) is 3.45. The molecule has 2 rings (SSSR count). The molecule has 0 aromatic heterocycles. The maximum absolute atomic E-state index is 6.38. The first-order valence-corrected chi connectivity index (χ1v) is 7.68. The summed E-state index contributed by atoms with van der Waals surface area (Å²) >= 11 is 0. The van der Waals surface area contributed by atoms with Crippen LogP contribution in [0.4, 0.5) is 0 Å². The SMILES string of the molecule is CCC1(CNCCC2(N)CCCC2)CCCC1. The van der Waals surface area contributed by atoms with E-state index in [-0.39, 0.29) is 5.54 Å². The Balaban J connectivity index is 1.65. The molecule has 100 valence electrons. The van der Waals surface area contributed by atoms with E-state index >= 15 is 0 Å². The van der Waals surface area contributed by atoms with Crippen LogP contribution < -0.4 is 11.1 Å². The fraction of sp³-hybridized carbons (Fsp3) is 1.00.